The fourth-order valence-electron chi connectivity index (χ4n) is 1.70. The van der Waals surface area contributed by atoms with Crippen molar-refractivity contribution < 1.29 is 5.02 Å². The van der Waals surface area contributed by atoms with E-state index in [0.29, 0.717) is 0 Å². The van der Waals surface area contributed by atoms with Crippen molar-refractivity contribution in [3.05, 3.63) is 53.1 Å². The van der Waals surface area contributed by atoms with E-state index in [4.69, 9.17) is 11.6 Å². The molecule has 2 aromatic rings. The van der Waals surface area contributed by atoms with Gasteiger partial charge in [-0.05, 0) is 35.1 Å². The smallest absolute Gasteiger partial charge is 0.305 e. The molecule has 0 aromatic heterocycles. The second-order valence-corrected chi connectivity index (χ2v) is 4.19. The molecule has 0 radical (unpaired) electrons. The highest BCUT2D eigenvalue weighted by molar-refractivity contribution is 6.48. The molecule has 3 heteroatoms. The maximum Gasteiger partial charge on any atom is 0.305 e. The first kappa shape index (κ1) is 11.2. The summed E-state index contributed by atoms with van der Waals surface area (Å²) in [4.78, 5) is 0. The van der Waals surface area contributed by atoms with Crippen molar-refractivity contribution in [3.63, 3.8) is 0 Å². The predicted molar refractivity (Wildman–Crippen MR) is 70.6 cm³/mol. The van der Waals surface area contributed by atoms with Crippen molar-refractivity contribution in [1.82, 2.24) is 0 Å². The second-order valence-electron chi connectivity index (χ2n) is 3.78. The second kappa shape index (κ2) is 4.73. The minimum Gasteiger partial charge on any atom is -0.449 e. The van der Waals surface area contributed by atoms with Crippen molar-refractivity contribution in [2.45, 2.75) is 6.92 Å². The molecule has 16 heavy (non-hydrogen) atoms. The number of rotatable bonds is 2. The molecule has 0 saturated heterocycles. The largest absolute Gasteiger partial charge is 0.449 e. The molecular formula is C13H12BClO. The minimum atomic E-state index is 0.0433. The summed E-state index contributed by atoms with van der Waals surface area (Å²) < 4.78 is 0. The number of halogens is 1. The van der Waals surface area contributed by atoms with E-state index in [9.17, 15) is 5.02 Å². The summed E-state index contributed by atoms with van der Waals surface area (Å²) in [5.74, 6) is 0. The van der Waals surface area contributed by atoms with Gasteiger partial charge in [0.05, 0.1) is 0 Å². The highest BCUT2D eigenvalue weighted by Gasteiger charge is 2.05. The van der Waals surface area contributed by atoms with E-state index in [1.165, 1.54) is 0 Å². The van der Waals surface area contributed by atoms with Gasteiger partial charge in [0.15, 0.2) is 0 Å². The first-order valence-electron chi connectivity index (χ1n) is 5.17. The van der Waals surface area contributed by atoms with Crippen molar-refractivity contribution in [3.8, 4) is 11.1 Å². The summed E-state index contributed by atoms with van der Waals surface area (Å²) >= 11 is 6.10. The molecular weight excluding hydrogens is 218 g/mol. The molecule has 0 aliphatic carbocycles. The molecule has 0 aliphatic heterocycles. The Morgan fingerprint density at radius 3 is 2.56 bits per heavy atom. The Labute approximate surface area is 101 Å². The average molecular weight is 231 g/mol. The molecule has 0 unspecified atom stereocenters. The van der Waals surface area contributed by atoms with Crippen LogP contribution in [0, 0.1) is 6.92 Å². The summed E-state index contributed by atoms with van der Waals surface area (Å²) in [6.45, 7) is 1.98. The monoisotopic (exact) mass is 230 g/mol. The Bertz CT molecular complexity index is 511. The molecule has 0 amide bonds. The fourth-order valence-corrected chi connectivity index (χ4v) is 1.88. The van der Waals surface area contributed by atoms with Crippen LogP contribution in [0.5, 0.6) is 0 Å². The Kier molecular flexibility index (Phi) is 3.32. The molecule has 2 aromatic carbocycles. The molecule has 2 rings (SSSR count). The van der Waals surface area contributed by atoms with Crippen LogP contribution >= 0.6 is 11.6 Å². The van der Waals surface area contributed by atoms with Gasteiger partial charge in [-0.25, -0.2) is 0 Å². The molecule has 80 valence electrons. The number of hydrogen-bond donors (Lipinski definition) is 1. The summed E-state index contributed by atoms with van der Waals surface area (Å²) in [5, 5.41) is 10.0. The van der Waals surface area contributed by atoms with E-state index < -0.39 is 0 Å². The molecule has 0 heterocycles. The lowest BCUT2D eigenvalue weighted by Gasteiger charge is -2.08. The van der Waals surface area contributed by atoms with E-state index in [2.05, 4.69) is 0 Å². The quantitative estimate of drug-likeness (QED) is 0.785. The van der Waals surface area contributed by atoms with Gasteiger partial charge in [-0.15, -0.1) is 0 Å². The van der Waals surface area contributed by atoms with Crippen molar-refractivity contribution in [2.24, 2.45) is 0 Å². The van der Waals surface area contributed by atoms with Gasteiger partial charge in [-0.1, -0.05) is 48.0 Å². The summed E-state index contributed by atoms with van der Waals surface area (Å²) in [6, 6.07) is 13.7. The van der Waals surface area contributed by atoms with Crippen LogP contribution in [-0.2, 0) is 0 Å². The number of hydrogen-bond acceptors (Lipinski definition) is 1. The number of benzene rings is 2. The average Bonchev–Trinajstić information content (AvgIpc) is 2.32. The highest BCUT2D eigenvalue weighted by atomic mass is 35.5. The molecule has 0 atom stereocenters. The fraction of sp³-hybridized carbons (Fsp3) is 0.0769. The SMILES string of the molecule is Cc1ccc(-c2ccccc2BO)cc1Cl. The van der Waals surface area contributed by atoms with Crippen LogP contribution < -0.4 is 5.46 Å². The molecule has 0 aliphatic rings. The molecule has 1 N–H and O–H groups in total. The normalized spacial score (nSPS) is 10.2. The highest BCUT2D eigenvalue weighted by Crippen LogP contribution is 2.23. The maximum absolute atomic E-state index is 9.27. The minimum absolute atomic E-state index is 0.0433. The van der Waals surface area contributed by atoms with Crippen LogP contribution in [0.2, 0.25) is 5.02 Å². The van der Waals surface area contributed by atoms with Crippen LogP contribution in [0.4, 0.5) is 0 Å². The Balaban J connectivity index is 2.54. The van der Waals surface area contributed by atoms with Gasteiger partial charge in [0.25, 0.3) is 0 Å². The first-order chi connectivity index (χ1) is 7.72. The molecule has 1 nitrogen and oxygen atoms in total. The summed E-state index contributed by atoms with van der Waals surface area (Å²) in [6.07, 6.45) is 0. The van der Waals surface area contributed by atoms with E-state index >= 15 is 0 Å². The van der Waals surface area contributed by atoms with E-state index in [0.717, 1.165) is 27.2 Å². The van der Waals surface area contributed by atoms with Gasteiger partial charge in [0.2, 0.25) is 0 Å². The van der Waals surface area contributed by atoms with Gasteiger partial charge < -0.3 is 5.02 Å². The molecule has 0 fully saturated rings. The lowest BCUT2D eigenvalue weighted by atomic mass is 9.82. The van der Waals surface area contributed by atoms with Gasteiger partial charge >= 0.3 is 7.48 Å². The van der Waals surface area contributed by atoms with Crippen molar-refractivity contribution >= 4 is 24.5 Å². The van der Waals surface area contributed by atoms with Crippen molar-refractivity contribution in [2.75, 3.05) is 0 Å². The Morgan fingerprint density at radius 2 is 1.88 bits per heavy atom. The zero-order chi connectivity index (χ0) is 11.5. The molecule has 0 saturated carbocycles. The molecule has 0 bridgehead atoms. The van der Waals surface area contributed by atoms with Crippen LogP contribution in [0.15, 0.2) is 42.5 Å². The standard InChI is InChI=1S/C13H12BClO/c1-9-6-7-10(8-13(9)15)11-4-2-3-5-12(11)14-16/h2-8,14,16H,1H3. The number of aryl methyl sites for hydroxylation is 1. The predicted octanol–water partition coefficient (Wildman–Crippen LogP) is 2.28. The van der Waals surface area contributed by atoms with E-state index in [-0.39, 0.29) is 7.48 Å². The van der Waals surface area contributed by atoms with Crippen LogP contribution in [-0.4, -0.2) is 12.5 Å². The Morgan fingerprint density at radius 1 is 1.12 bits per heavy atom. The molecule has 0 spiro atoms. The lowest BCUT2D eigenvalue weighted by Crippen LogP contribution is -2.15. The zero-order valence-corrected chi connectivity index (χ0v) is 9.83. The topological polar surface area (TPSA) is 20.2 Å². The Hall–Kier alpha value is -1.25. The first-order valence-corrected chi connectivity index (χ1v) is 5.55. The van der Waals surface area contributed by atoms with E-state index in [1.54, 1.807) is 0 Å². The van der Waals surface area contributed by atoms with Gasteiger partial charge in [0, 0.05) is 5.02 Å². The van der Waals surface area contributed by atoms with Gasteiger partial charge in [-0.3, -0.25) is 0 Å². The van der Waals surface area contributed by atoms with Crippen LogP contribution in [0.1, 0.15) is 5.56 Å². The summed E-state index contributed by atoms with van der Waals surface area (Å²) in [7, 11) is 0.0433. The lowest BCUT2D eigenvalue weighted by molar-refractivity contribution is 0.615. The zero-order valence-electron chi connectivity index (χ0n) is 9.07. The van der Waals surface area contributed by atoms with Crippen molar-refractivity contribution in [1.29, 1.82) is 0 Å². The third-order valence-corrected chi connectivity index (χ3v) is 3.08. The third kappa shape index (κ3) is 2.13. The van der Waals surface area contributed by atoms with Gasteiger partial charge in [-0.2, -0.15) is 0 Å². The van der Waals surface area contributed by atoms with E-state index in [1.807, 2.05) is 49.4 Å². The third-order valence-electron chi connectivity index (χ3n) is 2.67. The van der Waals surface area contributed by atoms with Gasteiger partial charge in [0.1, 0.15) is 0 Å². The van der Waals surface area contributed by atoms with Crippen LogP contribution in [0.25, 0.3) is 11.1 Å². The van der Waals surface area contributed by atoms with Crippen LogP contribution in [0.3, 0.4) is 0 Å². The maximum atomic E-state index is 9.27. The summed E-state index contributed by atoms with van der Waals surface area (Å²) in [5.41, 5.74) is 4.06.